The van der Waals surface area contributed by atoms with Gasteiger partial charge < -0.3 is 19.1 Å². The van der Waals surface area contributed by atoms with Crippen LogP contribution in [0.5, 0.6) is 11.5 Å². The molecule has 0 fully saturated rings. The highest BCUT2D eigenvalue weighted by molar-refractivity contribution is 5.54. The van der Waals surface area contributed by atoms with Crippen LogP contribution in [0.2, 0.25) is 0 Å². The van der Waals surface area contributed by atoms with E-state index in [0.717, 1.165) is 0 Å². The maximum absolute atomic E-state index is 11.0. The van der Waals surface area contributed by atoms with E-state index in [4.69, 9.17) is 14.6 Å². The number of rotatable bonds is 7. The molecule has 1 N–H and O–H groups in total. The van der Waals surface area contributed by atoms with Crippen molar-refractivity contribution in [3.63, 3.8) is 0 Å². The van der Waals surface area contributed by atoms with Crippen molar-refractivity contribution in [1.82, 2.24) is 9.55 Å². The maximum atomic E-state index is 11.0. The zero-order valence-electron chi connectivity index (χ0n) is 11.4. The van der Waals surface area contributed by atoms with Gasteiger partial charge in [0.15, 0.2) is 11.5 Å². The third-order valence-electron chi connectivity index (χ3n) is 2.90. The Balaban J connectivity index is 2.16. The number of aliphatic hydroxyl groups is 1. The summed E-state index contributed by atoms with van der Waals surface area (Å²) in [5.41, 5.74) is -0.0188. The molecule has 0 spiro atoms. The van der Waals surface area contributed by atoms with Gasteiger partial charge in [-0.15, -0.1) is 0 Å². The summed E-state index contributed by atoms with van der Waals surface area (Å²) in [6, 6.07) is 2.67. The fourth-order valence-electron chi connectivity index (χ4n) is 1.84. The molecule has 2 aromatic rings. The van der Waals surface area contributed by atoms with Gasteiger partial charge in [0.25, 0.3) is 5.69 Å². The van der Waals surface area contributed by atoms with Gasteiger partial charge in [0, 0.05) is 12.4 Å². The highest BCUT2D eigenvalue weighted by Crippen LogP contribution is 2.34. The molecule has 0 unspecified atom stereocenters. The first-order valence-corrected chi connectivity index (χ1v) is 6.20. The van der Waals surface area contributed by atoms with Crippen LogP contribution in [-0.2, 0) is 13.2 Å². The third kappa shape index (κ3) is 3.48. The van der Waals surface area contributed by atoms with Crippen molar-refractivity contribution in [3.8, 4) is 11.5 Å². The summed E-state index contributed by atoms with van der Waals surface area (Å²) in [5.74, 6) is 0.608. The van der Waals surface area contributed by atoms with Gasteiger partial charge in [-0.1, -0.05) is 0 Å². The van der Waals surface area contributed by atoms with Gasteiger partial charge in [0.05, 0.1) is 43.1 Å². The molecule has 2 rings (SSSR count). The van der Waals surface area contributed by atoms with Crippen molar-refractivity contribution in [1.29, 1.82) is 0 Å². The van der Waals surface area contributed by atoms with Crippen molar-refractivity contribution in [3.05, 3.63) is 46.5 Å². The molecule has 1 heterocycles. The van der Waals surface area contributed by atoms with E-state index in [-0.39, 0.29) is 17.0 Å². The van der Waals surface area contributed by atoms with E-state index in [9.17, 15) is 10.1 Å². The van der Waals surface area contributed by atoms with Crippen LogP contribution in [0.15, 0.2) is 30.9 Å². The number of nitro benzene ring substituents is 1. The molecule has 0 saturated heterocycles. The molecule has 1 aromatic heterocycles. The van der Waals surface area contributed by atoms with Crippen LogP contribution in [0, 0.1) is 10.1 Å². The molecule has 8 nitrogen and oxygen atoms in total. The predicted octanol–water partition coefficient (Wildman–Crippen LogP) is 1.37. The molecule has 0 aliphatic rings. The lowest BCUT2D eigenvalue weighted by Crippen LogP contribution is -2.08. The van der Waals surface area contributed by atoms with Gasteiger partial charge in [-0.05, 0) is 6.07 Å². The number of aromatic nitrogens is 2. The van der Waals surface area contributed by atoms with Crippen molar-refractivity contribution in [2.75, 3.05) is 13.7 Å². The Morgan fingerprint density at radius 2 is 2.24 bits per heavy atom. The Labute approximate surface area is 120 Å². The lowest BCUT2D eigenvalue weighted by Gasteiger charge is -2.12. The number of benzene rings is 1. The van der Waals surface area contributed by atoms with Crippen molar-refractivity contribution < 1.29 is 19.5 Å². The molecule has 1 aromatic carbocycles. The summed E-state index contributed by atoms with van der Waals surface area (Å²) in [5, 5.41) is 20.1. The van der Waals surface area contributed by atoms with E-state index in [0.29, 0.717) is 18.9 Å². The summed E-state index contributed by atoms with van der Waals surface area (Å²) in [4.78, 5) is 14.3. The predicted molar refractivity (Wildman–Crippen MR) is 73.3 cm³/mol. The van der Waals surface area contributed by atoms with E-state index in [1.54, 1.807) is 18.7 Å². The molecule has 0 aliphatic carbocycles. The molecule has 8 heteroatoms. The smallest absolute Gasteiger partial charge is 0.278 e. The van der Waals surface area contributed by atoms with Crippen molar-refractivity contribution in [2.45, 2.75) is 13.2 Å². The summed E-state index contributed by atoms with van der Waals surface area (Å²) in [6.45, 7) is 0.420. The zero-order valence-corrected chi connectivity index (χ0v) is 11.4. The number of hydrogen-bond donors (Lipinski definition) is 1. The number of hydrogen-bond acceptors (Lipinski definition) is 6. The fourth-order valence-corrected chi connectivity index (χ4v) is 1.84. The van der Waals surface area contributed by atoms with Crippen LogP contribution in [-0.4, -0.2) is 33.3 Å². The molecule has 0 aliphatic heterocycles. The molecular formula is C13H15N3O5. The quantitative estimate of drug-likeness (QED) is 0.611. The van der Waals surface area contributed by atoms with Crippen LogP contribution >= 0.6 is 0 Å². The SMILES string of the molecule is COc1cc(CO)c([N+](=O)[O-])cc1OCCn1ccnc1. The largest absolute Gasteiger partial charge is 0.493 e. The average molecular weight is 293 g/mol. The molecular weight excluding hydrogens is 278 g/mol. The first-order chi connectivity index (χ1) is 10.2. The second-order valence-corrected chi connectivity index (χ2v) is 4.20. The number of nitrogens with zero attached hydrogens (tertiary/aromatic N) is 3. The molecule has 0 bridgehead atoms. The van der Waals surface area contributed by atoms with E-state index >= 15 is 0 Å². The summed E-state index contributed by atoms with van der Waals surface area (Å²) < 4.78 is 12.5. The second kappa shape index (κ2) is 6.71. The summed E-state index contributed by atoms with van der Waals surface area (Å²) in [7, 11) is 1.44. The molecule has 0 atom stereocenters. The second-order valence-electron chi connectivity index (χ2n) is 4.20. The third-order valence-corrected chi connectivity index (χ3v) is 2.90. The minimum Gasteiger partial charge on any atom is -0.493 e. The van der Waals surface area contributed by atoms with Crippen LogP contribution < -0.4 is 9.47 Å². The Kier molecular flexibility index (Phi) is 4.72. The van der Waals surface area contributed by atoms with E-state index in [2.05, 4.69) is 4.98 Å². The Bertz CT molecular complexity index is 613. The number of aliphatic hydroxyl groups excluding tert-OH is 1. The normalized spacial score (nSPS) is 10.4. The van der Waals surface area contributed by atoms with E-state index in [1.807, 2.05) is 4.57 Å². The summed E-state index contributed by atoms with van der Waals surface area (Å²) in [6.07, 6.45) is 5.09. The van der Waals surface area contributed by atoms with Gasteiger partial charge in [-0.3, -0.25) is 10.1 Å². The summed E-state index contributed by atoms with van der Waals surface area (Å²) >= 11 is 0. The van der Waals surface area contributed by atoms with Crippen molar-refractivity contribution >= 4 is 5.69 Å². The minimum atomic E-state index is -0.562. The van der Waals surface area contributed by atoms with Gasteiger partial charge in [0.2, 0.25) is 0 Å². The molecule has 0 saturated carbocycles. The highest BCUT2D eigenvalue weighted by atomic mass is 16.6. The zero-order chi connectivity index (χ0) is 15.2. The monoisotopic (exact) mass is 293 g/mol. The van der Waals surface area contributed by atoms with Gasteiger partial charge in [0.1, 0.15) is 6.61 Å². The number of ether oxygens (including phenoxy) is 2. The van der Waals surface area contributed by atoms with Crippen LogP contribution in [0.25, 0.3) is 0 Å². The minimum absolute atomic E-state index is 0.179. The lowest BCUT2D eigenvalue weighted by molar-refractivity contribution is -0.385. The number of methoxy groups -OCH3 is 1. The van der Waals surface area contributed by atoms with Gasteiger partial charge in [-0.2, -0.15) is 0 Å². The highest BCUT2D eigenvalue weighted by Gasteiger charge is 2.19. The van der Waals surface area contributed by atoms with Crippen molar-refractivity contribution in [2.24, 2.45) is 0 Å². The van der Waals surface area contributed by atoms with E-state index < -0.39 is 11.5 Å². The molecule has 112 valence electrons. The number of nitro groups is 1. The molecule has 0 radical (unpaired) electrons. The van der Waals surface area contributed by atoms with Crippen LogP contribution in [0.1, 0.15) is 5.56 Å². The van der Waals surface area contributed by atoms with E-state index in [1.165, 1.54) is 19.2 Å². The first kappa shape index (κ1) is 14.8. The maximum Gasteiger partial charge on any atom is 0.278 e. The first-order valence-electron chi connectivity index (χ1n) is 6.20. The molecule has 21 heavy (non-hydrogen) atoms. The van der Waals surface area contributed by atoms with Gasteiger partial charge >= 0.3 is 0 Å². The fraction of sp³-hybridized carbons (Fsp3) is 0.308. The Morgan fingerprint density at radius 1 is 1.43 bits per heavy atom. The Hall–Kier alpha value is -2.61. The van der Waals surface area contributed by atoms with Crippen LogP contribution in [0.3, 0.4) is 0 Å². The van der Waals surface area contributed by atoms with Crippen LogP contribution in [0.4, 0.5) is 5.69 Å². The average Bonchev–Trinajstić information content (AvgIpc) is 2.99. The lowest BCUT2D eigenvalue weighted by atomic mass is 10.1. The number of imidazole rings is 1. The standard InChI is InChI=1S/C13H15N3O5/c1-20-12-6-10(8-17)11(16(18)19)7-13(12)21-5-4-15-3-2-14-9-15/h2-3,6-7,9,17H,4-5,8H2,1H3. The molecule has 0 amide bonds. The Morgan fingerprint density at radius 3 is 2.81 bits per heavy atom. The van der Waals surface area contributed by atoms with Gasteiger partial charge in [-0.25, -0.2) is 4.98 Å². The topological polar surface area (TPSA) is 99.6 Å².